The van der Waals surface area contributed by atoms with Crippen LogP contribution in [-0.4, -0.2) is 33.7 Å². The van der Waals surface area contributed by atoms with E-state index in [1.165, 1.54) is 37.6 Å². The standard InChI is InChI=1S/C21H18F4N4O4S/c1-11-17(19(30)27-13-5-4-6-14(10-13)34(3,26)31)20(29-28-18(11)21(23,24)25)33-15-8-7-12(22)9-16(15)32-2/h4-10,26H,1-3H3,(H,27,30). The number of alkyl halides is 3. The highest BCUT2D eigenvalue weighted by Crippen LogP contribution is 2.37. The summed E-state index contributed by atoms with van der Waals surface area (Å²) in [5.74, 6) is -2.47. The van der Waals surface area contributed by atoms with Crippen molar-refractivity contribution >= 4 is 21.3 Å². The Morgan fingerprint density at radius 3 is 2.44 bits per heavy atom. The highest BCUT2D eigenvalue weighted by molar-refractivity contribution is 7.91. The molecule has 0 bridgehead atoms. The summed E-state index contributed by atoms with van der Waals surface area (Å²) < 4.78 is 84.0. The van der Waals surface area contributed by atoms with Gasteiger partial charge in [0.1, 0.15) is 11.4 Å². The van der Waals surface area contributed by atoms with Gasteiger partial charge in [0.25, 0.3) is 11.8 Å². The maximum Gasteiger partial charge on any atom is 0.435 e. The molecule has 180 valence electrons. The Balaban J connectivity index is 2.09. The minimum Gasteiger partial charge on any atom is -0.493 e. The van der Waals surface area contributed by atoms with Crippen molar-refractivity contribution in [2.24, 2.45) is 0 Å². The Morgan fingerprint density at radius 1 is 1.12 bits per heavy atom. The van der Waals surface area contributed by atoms with E-state index in [0.29, 0.717) is 0 Å². The van der Waals surface area contributed by atoms with E-state index in [1.54, 1.807) is 0 Å². The molecule has 34 heavy (non-hydrogen) atoms. The van der Waals surface area contributed by atoms with Crippen molar-refractivity contribution in [3.05, 3.63) is 65.1 Å². The molecule has 0 radical (unpaired) electrons. The number of carbonyl (C=O) groups excluding carboxylic acids is 1. The number of amides is 1. The third-order valence-electron chi connectivity index (χ3n) is 4.55. The molecule has 0 spiro atoms. The normalized spacial score (nSPS) is 13.1. The summed E-state index contributed by atoms with van der Waals surface area (Å²) in [4.78, 5) is 13.2. The molecule has 3 aromatic rings. The molecular weight excluding hydrogens is 480 g/mol. The molecule has 1 amide bonds. The van der Waals surface area contributed by atoms with Gasteiger partial charge >= 0.3 is 6.18 Å². The number of halogens is 4. The van der Waals surface area contributed by atoms with Crippen LogP contribution in [0.5, 0.6) is 17.4 Å². The second kappa shape index (κ2) is 9.25. The fourth-order valence-electron chi connectivity index (χ4n) is 2.95. The fraction of sp³-hybridized carbons (Fsp3) is 0.190. The first-order valence-electron chi connectivity index (χ1n) is 9.42. The van der Waals surface area contributed by atoms with E-state index in [0.717, 1.165) is 25.1 Å². The van der Waals surface area contributed by atoms with E-state index in [-0.39, 0.29) is 22.1 Å². The minimum atomic E-state index is -4.91. The molecule has 0 aliphatic rings. The van der Waals surface area contributed by atoms with Gasteiger partial charge in [-0.2, -0.15) is 13.2 Å². The topological polar surface area (TPSA) is 114 Å². The highest BCUT2D eigenvalue weighted by Gasteiger charge is 2.38. The summed E-state index contributed by atoms with van der Waals surface area (Å²) in [6.07, 6.45) is -3.72. The quantitative estimate of drug-likeness (QED) is 0.461. The van der Waals surface area contributed by atoms with Crippen LogP contribution < -0.4 is 14.8 Å². The highest BCUT2D eigenvalue weighted by atomic mass is 32.2. The number of rotatable bonds is 6. The van der Waals surface area contributed by atoms with Crippen molar-refractivity contribution in [1.82, 2.24) is 10.2 Å². The number of benzene rings is 2. The van der Waals surface area contributed by atoms with Crippen molar-refractivity contribution in [3.63, 3.8) is 0 Å². The van der Waals surface area contributed by atoms with Gasteiger partial charge < -0.3 is 14.8 Å². The van der Waals surface area contributed by atoms with E-state index in [2.05, 4.69) is 15.5 Å². The van der Waals surface area contributed by atoms with Crippen LogP contribution in [0.15, 0.2) is 47.4 Å². The van der Waals surface area contributed by atoms with Crippen LogP contribution in [0.3, 0.4) is 0 Å². The second-order valence-corrected chi connectivity index (χ2v) is 9.23. The van der Waals surface area contributed by atoms with Crippen molar-refractivity contribution in [2.45, 2.75) is 18.0 Å². The number of nitrogens with one attached hydrogen (secondary N) is 2. The lowest BCUT2D eigenvalue weighted by atomic mass is 10.1. The van der Waals surface area contributed by atoms with E-state index < -0.39 is 50.3 Å². The number of carbonyl (C=O) groups is 1. The molecule has 2 aromatic carbocycles. The van der Waals surface area contributed by atoms with Crippen LogP contribution in [0.2, 0.25) is 0 Å². The number of nitrogens with zero attached hydrogens (tertiary/aromatic N) is 2. The molecule has 1 unspecified atom stereocenters. The SMILES string of the molecule is COc1cc(F)ccc1Oc1nnc(C(F)(F)F)c(C)c1C(=O)Nc1cccc(S(C)(=N)=O)c1. The second-order valence-electron chi connectivity index (χ2n) is 7.07. The van der Waals surface area contributed by atoms with Crippen molar-refractivity contribution in [3.8, 4) is 17.4 Å². The minimum absolute atomic E-state index is 0.0828. The number of methoxy groups -OCH3 is 1. The Kier molecular flexibility index (Phi) is 6.77. The monoisotopic (exact) mass is 498 g/mol. The van der Waals surface area contributed by atoms with Crippen molar-refractivity contribution in [2.75, 3.05) is 18.7 Å². The average Bonchev–Trinajstić information content (AvgIpc) is 2.73. The zero-order valence-electron chi connectivity index (χ0n) is 18.0. The van der Waals surface area contributed by atoms with E-state index >= 15 is 0 Å². The van der Waals surface area contributed by atoms with Crippen molar-refractivity contribution < 1.29 is 36.0 Å². The predicted octanol–water partition coefficient (Wildman–Crippen LogP) is 5.03. The van der Waals surface area contributed by atoms with Crippen LogP contribution in [-0.2, 0) is 15.9 Å². The molecule has 1 atom stereocenters. The summed E-state index contributed by atoms with van der Waals surface area (Å²) in [6.45, 7) is 1.03. The molecule has 2 N–H and O–H groups in total. The molecule has 1 aromatic heterocycles. The van der Waals surface area contributed by atoms with E-state index in [1.807, 2.05) is 0 Å². The van der Waals surface area contributed by atoms with E-state index in [4.69, 9.17) is 14.3 Å². The summed E-state index contributed by atoms with van der Waals surface area (Å²) in [5.41, 5.74) is -2.46. The maximum absolute atomic E-state index is 13.5. The molecule has 0 aliphatic heterocycles. The Hall–Kier alpha value is -3.74. The van der Waals surface area contributed by atoms with Gasteiger partial charge in [0.2, 0.25) is 0 Å². The summed E-state index contributed by atoms with van der Waals surface area (Å²) in [7, 11) is -1.89. The molecule has 3 rings (SSSR count). The molecule has 0 saturated carbocycles. The van der Waals surface area contributed by atoms with Crippen LogP contribution >= 0.6 is 0 Å². The maximum atomic E-state index is 13.5. The van der Waals surface area contributed by atoms with Crippen LogP contribution in [0.4, 0.5) is 23.2 Å². The van der Waals surface area contributed by atoms with Crippen LogP contribution in [0, 0.1) is 17.5 Å². The summed E-state index contributed by atoms with van der Waals surface area (Å²) in [5, 5.41) is 9.00. The molecule has 13 heteroatoms. The number of hydrogen-bond donors (Lipinski definition) is 2. The van der Waals surface area contributed by atoms with E-state index in [9.17, 15) is 26.6 Å². The zero-order valence-corrected chi connectivity index (χ0v) is 18.8. The Morgan fingerprint density at radius 2 is 1.82 bits per heavy atom. The molecule has 1 heterocycles. The number of hydrogen-bond acceptors (Lipinski definition) is 7. The first kappa shape index (κ1) is 24.9. The molecule has 0 fully saturated rings. The van der Waals surface area contributed by atoms with Gasteiger partial charge in [-0.1, -0.05) is 6.07 Å². The average molecular weight is 498 g/mol. The van der Waals surface area contributed by atoms with Crippen LogP contribution in [0.25, 0.3) is 0 Å². The van der Waals surface area contributed by atoms with Gasteiger partial charge in [-0.05, 0) is 42.8 Å². The number of anilines is 1. The summed E-state index contributed by atoms with van der Waals surface area (Å²) in [6, 6.07) is 8.68. The van der Waals surface area contributed by atoms with Crippen LogP contribution in [0.1, 0.15) is 21.6 Å². The molecule has 0 saturated heterocycles. The summed E-state index contributed by atoms with van der Waals surface area (Å²) >= 11 is 0. The Bertz CT molecular complexity index is 1360. The van der Waals surface area contributed by atoms with Gasteiger partial charge in [0.05, 0.1) is 16.8 Å². The largest absolute Gasteiger partial charge is 0.493 e. The lowest BCUT2D eigenvalue weighted by Crippen LogP contribution is -2.21. The van der Waals surface area contributed by atoms with Gasteiger partial charge in [0, 0.05) is 22.9 Å². The molecule has 8 nitrogen and oxygen atoms in total. The smallest absolute Gasteiger partial charge is 0.435 e. The Labute approximate surface area is 191 Å². The van der Waals surface area contributed by atoms with Gasteiger partial charge in [-0.15, -0.1) is 10.2 Å². The van der Waals surface area contributed by atoms with Gasteiger partial charge in [0.15, 0.2) is 17.2 Å². The van der Waals surface area contributed by atoms with Crippen molar-refractivity contribution in [1.29, 1.82) is 4.78 Å². The number of ether oxygens (including phenoxy) is 2. The lowest BCUT2D eigenvalue weighted by Gasteiger charge is -2.17. The first-order valence-corrected chi connectivity index (χ1v) is 11.4. The fourth-order valence-corrected chi connectivity index (χ4v) is 3.64. The lowest BCUT2D eigenvalue weighted by molar-refractivity contribution is -0.142. The van der Waals surface area contributed by atoms with Gasteiger partial charge in [-0.25, -0.2) is 13.4 Å². The predicted molar refractivity (Wildman–Crippen MR) is 114 cm³/mol. The third kappa shape index (κ3) is 5.42. The van der Waals surface area contributed by atoms with Gasteiger partial charge in [-0.3, -0.25) is 4.79 Å². The molecule has 0 aliphatic carbocycles. The molecular formula is C21H18F4N4O4S. The zero-order chi connectivity index (χ0) is 25.3. The first-order chi connectivity index (χ1) is 15.8. The number of aromatic nitrogens is 2. The third-order valence-corrected chi connectivity index (χ3v) is 5.71.